The zero-order valence-electron chi connectivity index (χ0n) is 7.47. The van der Waals surface area contributed by atoms with Gasteiger partial charge >= 0.3 is 0 Å². The van der Waals surface area contributed by atoms with Gasteiger partial charge in [-0.05, 0) is 18.6 Å². The summed E-state index contributed by atoms with van der Waals surface area (Å²) in [7, 11) is 0. The first-order valence-electron chi connectivity index (χ1n) is 3.90. The summed E-state index contributed by atoms with van der Waals surface area (Å²) in [5, 5.41) is 8.68. The van der Waals surface area contributed by atoms with Gasteiger partial charge < -0.3 is 0 Å². The fourth-order valence-corrected chi connectivity index (χ4v) is 1.24. The molecular weight excluding hydrogens is 205 g/mol. The summed E-state index contributed by atoms with van der Waals surface area (Å²) in [5.41, 5.74) is 0.161. The number of alkyl halides is 1. The molecule has 0 amide bonds. The van der Waals surface area contributed by atoms with E-state index >= 15 is 0 Å². The Morgan fingerprint density at radius 2 is 2.29 bits per heavy atom. The van der Waals surface area contributed by atoms with Crippen LogP contribution in [0.1, 0.15) is 21.5 Å². The molecule has 0 aliphatic rings. The largest absolute Gasteiger partial charge is 0.293 e. The summed E-state index contributed by atoms with van der Waals surface area (Å²) in [6, 6.07) is 4.54. The van der Waals surface area contributed by atoms with Crippen molar-refractivity contribution in [1.82, 2.24) is 0 Å². The third kappa shape index (κ3) is 1.75. The first-order chi connectivity index (χ1) is 6.61. The van der Waals surface area contributed by atoms with Gasteiger partial charge in [-0.25, -0.2) is 4.39 Å². The second-order valence-corrected chi connectivity index (χ2v) is 3.05. The van der Waals surface area contributed by atoms with Crippen LogP contribution in [0.15, 0.2) is 12.1 Å². The van der Waals surface area contributed by atoms with Crippen molar-refractivity contribution in [3.8, 4) is 6.07 Å². The second kappa shape index (κ2) is 4.21. The molecule has 0 aliphatic carbocycles. The van der Waals surface area contributed by atoms with Crippen LogP contribution in [-0.2, 0) is 0 Å². The van der Waals surface area contributed by atoms with Crippen molar-refractivity contribution in [1.29, 1.82) is 5.26 Å². The van der Waals surface area contributed by atoms with E-state index in [9.17, 15) is 9.18 Å². The average Bonchev–Trinajstić information content (AvgIpc) is 2.20. The van der Waals surface area contributed by atoms with E-state index in [2.05, 4.69) is 0 Å². The number of rotatable bonds is 2. The minimum Gasteiger partial charge on any atom is -0.293 e. The molecule has 0 aromatic heterocycles. The van der Waals surface area contributed by atoms with Gasteiger partial charge in [0.05, 0.1) is 11.4 Å². The molecule has 0 radical (unpaired) electrons. The van der Waals surface area contributed by atoms with E-state index in [1.807, 2.05) is 0 Å². The molecule has 0 saturated heterocycles. The highest BCUT2D eigenvalue weighted by molar-refractivity contribution is 6.30. The molecule has 0 atom stereocenters. The number of Topliss-reactive ketones (excluding diaryl/α,β-unsaturated/α-hetero) is 1. The number of nitriles is 1. The molecule has 0 heterocycles. The molecule has 0 saturated carbocycles. The summed E-state index contributed by atoms with van der Waals surface area (Å²) >= 11 is 5.33. The van der Waals surface area contributed by atoms with Crippen LogP contribution >= 0.6 is 11.6 Å². The molecule has 2 nitrogen and oxygen atoms in total. The number of carbonyl (C=O) groups excluding carboxylic acids is 1. The zero-order valence-corrected chi connectivity index (χ0v) is 8.23. The van der Waals surface area contributed by atoms with E-state index in [-0.39, 0.29) is 17.0 Å². The molecule has 0 fully saturated rings. The van der Waals surface area contributed by atoms with Crippen LogP contribution < -0.4 is 0 Å². The fourth-order valence-electron chi connectivity index (χ4n) is 1.09. The van der Waals surface area contributed by atoms with Crippen LogP contribution in [0.3, 0.4) is 0 Å². The predicted octanol–water partition coefficient (Wildman–Crippen LogP) is 2.43. The van der Waals surface area contributed by atoms with Crippen molar-refractivity contribution in [3.63, 3.8) is 0 Å². The Morgan fingerprint density at radius 3 is 2.79 bits per heavy atom. The van der Waals surface area contributed by atoms with Crippen LogP contribution in [0.25, 0.3) is 0 Å². The number of nitrogens with zero attached hydrogens (tertiary/aromatic N) is 1. The van der Waals surface area contributed by atoms with Crippen molar-refractivity contribution < 1.29 is 9.18 Å². The maximum absolute atomic E-state index is 13.3. The van der Waals surface area contributed by atoms with E-state index in [4.69, 9.17) is 16.9 Å². The van der Waals surface area contributed by atoms with Crippen LogP contribution in [0, 0.1) is 24.1 Å². The SMILES string of the molecule is Cc1ccc(C(=O)CCl)c(C#N)c1F. The van der Waals surface area contributed by atoms with Gasteiger partial charge in [-0.2, -0.15) is 5.26 Å². The number of carbonyl (C=O) groups is 1. The number of benzene rings is 1. The molecule has 0 spiro atoms. The number of aryl methyl sites for hydroxylation is 1. The van der Waals surface area contributed by atoms with E-state index in [0.29, 0.717) is 5.56 Å². The van der Waals surface area contributed by atoms with Crippen LogP contribution in [-0.4, -0.2) is 11.7 Å². The summed E-state index contributed by atoms with van der Waals surface area (Å²) in [5.74, 6) is -1.34. The summed E-state index contributed by atoms with van der Waals surface area (Å²) in [6.07, 6.45) is 0. The second-order valence-electron chi connectivity index (χ2n) is 2.79. The summed E-state index contributed by atoms with van der Waals surface area (Å²) in [6.45, 7) is 1.53. The first kappa shape index (κ1) is 10.7. The Balaban J connectivity index is 3.40. The van der Waals surface area contributed by atoms with Gasteiger partial charge in [-0.15, -0.1) is 11.6 Å². The van der Waals surface area contributed by atoms with Crippen LogP contribution in [0.2, 0.25) is 0 Å². The normalized spacial score (nSPS) is 9.57. The first-order valence-corrected chi connectivity index (χ1v) is 4.43. The Labute approximate surface area is 85.9 Å². The standard InChI is InChI=1S/C10H7ClFNO/c1-6-2-3-7(9(14)4-11)8(5-13)10(6)12/h2-3H,4H2,1H3. The van der Waals surface area contributed by atoms with Crippen LogP contribution in [0.4, 0.5) is 4.39 Å². The quantitative estimate of drug-likeness (QED) is 0.557. The Kier molecular flexibility index (Phi) is 3.21. The Morgan fingerprint density at radius 1 is 1.64 bits per heavy atom. The molecule has 4 heteroatoms. The summed E-state index contributed by atoms with van der Waals surface area (Å²) in [4.78, 5) is 11.2. The highest BCUT2D eigenvalue weighted by atomic mass is 35.5. The lowest BCUT2D eigenvalue weighted by Crippen LogP contribution is -2.06. The average molecular weight is 212 g/mol. The molecule has 72 valence electrons. The van der Waals surface area contributed by atoms with Crippen molar-refractivity contribution >= 4 is 17.4 Å². The minimum atomic E-state index is -0.650. The zero-order chi connectivity index (χ0) is 10.7. The van der Waals surface area contributed by atoms with Crippen molar-refractivity contribution in [2.45, 2.75) is 6.92 Å². The maximum Gasteiger partial charge on any atom is 0.179 e. The van der Waals surface area contributed by atoms with Gasteiger partial charge in [-0.3, -0.25) is 4.79 Å². The van der Waals surface area contributed by atoms with Crippen molar-refractivity contribution in [2.75, 3.05) is 5.88 Å². The molecule has 0 unspecified atom stereocenters. The van der Waals surface area contributed by atoms with Crippen molar-refractivity contribution in [3.05, 3.63) is 34.6 Å². The third-order valence-electron chi connectivity index (χ3n) is 1.87. The molecule has 0 bridgehead atoms. The molecule has 1 aromatic carbocycles. The minimum absolute atomic E-state index is 0.0469. The maximum atomic E-state index is 13.3. The van der Waals surface area contributed by atoms with Gasteiger partial charge in [0.1, 0.15) is 11.9 Å². The molecule has 0 N–H and O–H groups in total. The molecular formula is C10H7ClFNO. The smallest absolute Gasteiger partial charge is 0.179 e. The van der Waals surface area contributed by atoms with Crippen molar-refractivity contribution in [2.24, 2.45) is 0 Å². The number of hydrogen-bond acceptors (Lipinski definition) is 2. The number of halogens is 2. The number of hydrogen-bond donors (Lipinski definition) is 0. The lowest BCUT2D eigenvalue weighted by Gasteiger charge is -2.03. The molecule has 0 aliphatic heterocycles. The monoisotopic (exact) mass is 211 g/mol. The lowest BCUT2D eigenvalue weighted by atomic mass is 10.0. The van der Waals surface area contributed by atoms with Crippen LogP contribution in [0.5, 0.6) is 0 Å². The van der Waals surface area contributed by atoms with E-state index in [1.165, 1.54) is 19.1 Å². The Hall–Kier alpha value is -1.40. The van der Waals surface area contributed by atoms with Gasteiger partial charge in [0.25, 0.3) is 0 Å². The third-order valence-corrected chi connectivity index (χ3v) is 2.11. The fraction of sp³-hybridized carbons (Fsp3) is 0.200. The number of ketones is 1. The van der Waals surface area contributed by atoms with E-state index < -0.39 is 11.6 Å². The molecule has 1 rings (SSSR count). The molecule has 1 aromatic rings. The van der Waals surface area contributed by atoms with E-state index in [0.717, 1.165) is 0 Å². The van der Waals surface area contributed by atoms with Gasteiger partial charge in [0.2, 0.25) is 0 Å². The highest BCUT2D eigenvalue weighted by Crippen LogP contribution is 2.17. The lowest BCUT2D eigenvalue weighted by molar-refractivity contribution is 0.102. The topological polar surface area (TPSA) is 40.9 Å². The van der Waals surface area contributed by atoms with Gasteiger partial charge in [-0.1, -0.05) is 6.07 Å². The van der Waals surface area contributed by atoms with Gasteiger partial charge in [0.15, 0.2) is 5.78 Å². The highest BCUT2D eigenvalue weighted by Gasteiger charge is 2.15. The predicted molar refractivity (Wildman–Crippen MR) is 50.9 cm³/mol. The molecule has 14 heavy (non-hydrogen) atoms. The summed E-state index contributed by atoms with van der Waals surface area (Å²) < 4.78 is 13.3. The Bertz CT molecular complexity index is 423. The van der Waals surface area contributed by atoms with E-state index in [1.54, 1.807) is 6.07 Å². The van der Waals surface area contributed by atoms with Gasteiger partial charge in [0, 0.05) is 5.56 Å².